The third-order valence-corrected chi connectivity index (χ3v) is 4.98. The van der Waals surface area contributed by atoms with E-state index in [-0.39, 0.29) is 6.10 Å². The van der Waals surface area contributed by atoms with Crippen LogP contribution in [0.1, 0.15) is 40.0 Å². The molecule has 1 aliphatic rings. The Morgan fingerprint density at radius 1 is 1.28 bits per heavy atom. The Bertz CT molecular complexity index is 239. The van der Waals surface area contributed by atoms with Crippen molar-refractivity contribution >= 4 is 11.8 Å². The number of thioether (sulfide) groups is 1. The Hall–Kier alpha value is 0.270. The standard InChI is InChI=1S/C15H31NOS/c1-15(2,3)13-6-7-14(17)12(10-13)11-16(4)8-9-18-5/h12-14,17H,6-11H2,1-5H3. The van der Waals surface area contributed by atoms with Gasteiger partial charge in [0.15, 0.2) is 0 Å². The van der Waals surface area contributed by atoms with Crippen molar-refractivity contribution in [2.75, 3.05) is 32.1 Å². The fourth-order valence-corrected chi connectivity index (χ4v) is 3.46. The maximum atomic E-state index is 10.2. The molecule has 0 spiro atoms. The largest absolute Gasteiger partial charge is 0.393 e. The first-order valence-electron chi connectivity index (χ1n) is 7.20. The quantitative estimate of drug-likeness (QED) is 0.832. The van der Waals surface area contributed by atoms with Crippen LogP contribution in [0.3, 0.4) is 0 Å². The number of aliphatic hydroxyl groups is 1. The number of aliphatic hydroxyl groups excluding tert-OH is 1. The van der Waals surface area contributed by atoms with Crippen molar-refractivity contribution in [2.24, 2.45) is 17.3 Å². The molecule has 18 heavy (non-hydrogen) atoms. The van der Waals surface area contributed by atoms with Gasteiger partial charge in [0, 0.05) is 18.8 Å². The van der Waals surface area contributed by atoms with Crippen molar-refractivity contribution in [3.05, 3.63) is 0 Å². The Morgan fingerprint density at radius 2 is 1.94 bits per heavy atom. The number of nitrogens with zero attached hydrogens (tertiary/aromatic N) is 1. The zero-order valence-corrected chi connectivity index (χ0v) is 13.6. The van der Waals surface area contributed by atoms with Crippen LogP contribution < -0.4 is 0 Å². The van der Waals surface area contributed by atoms with Crippen LogP contribution in [-0.4, -0.2) is 48.3 Å². The highest BCUT2D eigenvalue weighted by atomic mass is 32.2. The van der Waals surface area contributed by atoms with Crippen LogP contribution >= 0.6 is 11.8 Å². The minimum absolute atomic E-state index is 0.0830. The molecule has 0 saturated heterocycles. The van der Waals surface area contributed by atoms with Gasteiger partial charge in [0.05, 0.1) is 6.10 Å². The molecule has 108 valence electrons. The molecule has 0 aliphatic heterocycles. The van der Waals surface area contributed by atoms with Gasteiger partial charge in [0.2, 0.25) is 0 Å². The summed E-state index contributed by atoms with van der Waals surface area (Å²) in [5.74, 6) is 2.41. The number of rotatable bonds is 5. The third-order valence-electron chi connectivity index (χ3n) is 4.39. The molecule has 3 unspecified atom stereocenters. The van der Waals surface area contributed by atoms with Crippen LogP contribution in [0, 0.1) is 17.3 Å². The molecule has 2 nitrogen and oxygen atoms in total. The fourth-order valence-electron chi connectivity index (χ4n) is 2.97. The molecule has 0 aromatic heterocycles. The van der Waals surface area contributed by atoms with Gasteiger partial charge in [-0.15, -0.1) is 0 Å². The molecular weight excluding hydrogens is 242 g/mol. The summed E-state index contributed by atoms with van der Waals surface area (Å²) in [6.07, 6.45) is 5.44. The molecule has 1 rings (SSSR count). The van der Waals surface area contributed by atoms with Crippen molar-refractivity contribution in [1.82, 2.24) is 4.90 Å². The summed E-state index contributed by atoms with van der Waals surface area (Å²) in [5, 5.41) is 10.2. The lowest BCUT2D eigenvalue weighted by Gasteiger charge is -2.41. The van der Waals surface area contributed by atoms with Crippen LogP contribution in [0.5, 0.6) is 0 Å². The van der Waals surface area contributed by atoms with Crippen molar-refractivity contribution in [1.29, 1.82) is 0 Å². The molecule has 0 radical (unpaired) electrons. The van der Waals surface area contributed by atoms with E-state index in [1.807, 2.05) is 11.8 Å². The van der Waals surface area contributed by atoms with Gasteiger partial charge in [0.25, 0.3) is 0 Å². The van der Waals surface area contributed by atoms with E-state index in [2.05, 4.69) is 39.0 Å². The van der Waals surface area contributed by atoms with Crippen LogP contribution in [0.15, 0.2) is 0 Å². The average molecular weight is 273 g/mol. The lowest BCUT2D eigenvalue weighted by atomic mass is 9.68. The van der Waals surface area contributed by atoms with Gasteiger partial charge in [-0.25, -0.2) is 0 Å². The Kier molecular flexibility index (Phi) is 6.49. The fraction of sp³-hybridized carbons (Fsp3) is 1.00. The minimum atomic E-state index is -0.0830. The van der Waals surface area contributed by atoms with Gasteiger partial charge >= 0.3 is 0 Å². The van der Waals surface area contributed by atoms with Crippen LogP contribution in [0.2, 0.25) is 0 Å². The molecule has 0 aromatic rings. The van der Waals surface area contributed by atoms with E-state index in [1.54, 1.807) is 0 Å². The lowest BCUT2D eigenvalue weighted by molar-refractivity contribution is 0.00720. The van der Waals surface area contributed by atoms with E-state index in [0.29, 0.717) is 11.3 Å². The highest BCUT2D eigenvalue weighted by molar-refractivity contribution is 7.98. The van der Waals surface area contributed by atoms with Crippen molar-refractivity contribution in [3.8, 4) is 0 Å². The van der Waals surface area contributed by atoms with Gasteiger partial charge < -0.3 is 10.0 Å². The maximum absolute atomic E-state index is 10.2. The van der Waals surface area contributed by atoms with Crippen LogP contribution in [-0.2, 0) is 0 Å². The van der Waals surface area contributed by atoms with E-state index >= 15 is 0 Å². The molecule has 0 bridgehead atoms. The summed E-state index contributed by atoms with van der Waals surface area (Å²) in [6, 6.07) is 0. The molecule has 0 heterocycles. The van der Waals surface area contributed by atoms with Crippen molar-refractivity contribution in [2.45, 2.75) is 46.1 Å². The van der Waals surface area contributed by atoms with Crippen LogP contribution in [0.25, 0.3) is 0 Å². The first-order valence-corrected chi connectivity index (χ1v) is 8.59. The Labute approximate surface area is 118 Å². The smallest absolute Gasteiger partial charge is 0.0580 e. The summed E-state index contributed by atoms with van der Waals surface area (Å²) >= 11 is 1.89. The monoisotopic (exact) mass is 273 g/mol. The first kappa shape index (κ1) is 16.3. The van der Waals surface area contributed by atoms with Gasteiger partial charge in [-0.1, -0.05) is 20.8 Å². The highest BCUT2D eigenvalue weighted by Gasteiger charge is 2.35. The van der Waals surface area contributed by atoms with E-state index in [0.717, 1.165) is 25.4 Å². The number of hydrogen-bond donors (Lipinski definition) is 1. The minimum Gasteiger partial charge on any atom is -0.393 e. The molecule has 1 saturated carbocycles. The molecule has 1 fully saturated rings. The zero-order chi connectivity index (χ0) is 13.8. The molecule has 3 heteroatoms. The van der Waals surface area contributed by atoms with Crippen molar-refractivity contribution in [3.63, 3.8) is 0 Å². The zero-order valence-electron chi connectivity index (χ0n) is 12.8. The predicted octanol–water partition coefficient (Wildman–Crippen LogP) is 3.10. The highest BCUT2D eigenvalue weighted by Crippen LogP contribution is 2.40. The summed E-state index contributed by atoms with van der Waals surface area (Å²) in [4.78, 5) is 2.38. The van der Waals surface area contributed by atoms with E-state index in [1.165, 1.54) is 18.6 Å². The van der Waals surface area contributed by atoms with E-state index < -0.39 is 0 Å². The third kappa shape index (κ3) is 5.10. The normalized spacial score (nSPS) is 29.8. The second-order valence-corrected chi connectivity index (χ2v) is 7.94. The topological polar surface area (TPSA) is 23.5 Å². The SMILES string of the molecule is CSCCN(C)CC1CC(C(C)(C)C)CCC1O. The van der Waals surface area contributed by atoms with Gasteiger partial charge in [-0.3, -0.25) is 0 Å². The van der Waals surface area contributed by atoms with Gasteiger partial charge in [0.1, 0.15) is 0 Å². The first-order chi connectivity index (χ1) is 8.34. The van der Waals surface area contributed by atoms with E-state index in [9.17, 15) is 5.11 Å². The van der Waals surface area contributed by atoms with E-state index in [4.69, 9.17) is 0 Å². The lowest BCUT2D eigenvalue weighted by Crippen LogP contribution is -2.40. The summed E-state index contributed by atoms with van der Waals surface area (Å²) < 4.78 is 0. The molecular formula is C15H31NOS. The number of hydrogen-bond acceptors (Lipinski definition) is 3. The summed E-state index contributed by atoms with van der Waals surface area (Å²) in [5.41, 5.74) is 0.385. The molecule has 0 aromatic carbocycles. The Balaban J connectivity index is 2.47. The molecule has 1 N–H and O–H groups in total. The second-order valence-electron chi connectivity index (χ2n) is 6.96. The maximum Gasteiger partial charge on any atom is 0.0580 e. The summed E-state index contributed by atoms with van der Waals surface area (Å²) in [7, 11) is 2.18. The predicted molar refractivity (Wildman–Crippen MR) is 82.2 cm³/mol. The summed E-state index contributed by atoms with van der Waals surface area (Å²) in [6.45, 7) is 9.19. The van der Waals surface area contributed by atoms with Gasteiger partial charge in [-0.05, 0) is 49.8 Å². The van der Waals surface area contributed by atoms with Crippen molar-refractivity contribution < 1.29 is 5.11 Å². The molecule has 3 atom stereocenters. The van der Waals surface area contributed by atoms with Crippen LogP contribution in [0.4, 0.5) is 0 Å². The van der Waals surface area contributed by atoms with Gasteiger partial charge in [-0.2, -0.15) is 11.8 Å². The average Bonchev–Trinajstić information content (AvgIpc) is 2.28. The molecule has 0 amide bonds. The second kappa shape index (κ2) is 7.16. The molecule has 1 aliphatic carbocycles. The Morgan fingerprint density at radius 3 is 2.50 bits per heavy atom.